The SMILES string of the molecule is CCOC(=O)CC1CCCC(C)=C1C1CCCCC1. The number of carbonyl (C=O) groups excluding carboxylic acids is 1. The minimum atomic E-state index is -0.00416. The van der Waals surface area contributed by atoms with Gasteiger partial charge in [0.05, 0.1) is 13.0 Å². The van der Waals surface area contributed by atoms with E-state index in [0.29, 0.717) is 18.9 Å². The Morgan fingerprint density at radius 3 is 2.58 bits per heavy atom. The molecule has 0 aromatic rings. The van der Waals surface area contributed by atoms with Crippen molar-refractivity contribution in [3.63, 3.8) is 0 Å². The first kappa shape index (κ1) is 14.6. The Labute approximate surface area is 117 Å². The molecule has 2 aliphatic carbocycles. The highest BCUT2D eigenvalue weighted by Gasteiger charge is 2.30. The van der Waals surface area contributed by atoms with Gasteiger partial charge in [-0.15, -0.1) is 0 Å². The molecule has 108 valence electrons. The predicted molar refractivity (Wildman–Crippen MR) is 77.9 cm³/mol. The third-order valence-electron chi connectivity index (χ3n) is 4.80. The van der Waals surface area contributed by atoms with Gasteiger partial charge in [0.1, 0.15) is 0 Å². The van der Waals surface area contributed by atoms with Crippen LogP contribution in [-0.2, 0) is 9.53 Å². The Hall–Kier alpha value is -0.790. The second-order valence-electron chi connectivity index (χ2n) is 6.17. The van der Waals surface area contributed by atoms with Gasteiger partial charge in [-0.05, 0) is 57.8 Å². The summed E-state index contributed by atoms with van der Waals surface area (Å²) < 4.78 is 5.15. The van der Waals surface area contributed by atoms with Crippen LogP contribution in [0.5, 0.6) is 0 Å². The molecule has 2 aliphatic rings. The molecule has 0 heterocycles. The fourth-order valence-electron chi connectivity index (χ4n) is 3.99. The average Bonchev–Trinajstić information content (AvgIpc) is 2.40. The standard InChI is InChI=1S/C17H28O2/c1-3-19-16(18)12-15-11-7-8-13(2)17(15)14-9-5-4-6-10-14/h14-15H,3-12H2,1-2H3. The van der Waals surface area contributed by atoms with Crippen molar-refractivity contribution in [2.45, 2.75) is 71.6 Å². The summed E-state index contributed by atoms with van der Waals surface area (Å²) in [5, 5.41) is 0. The molecule has 0 radical (unpaired) electrons. The second-order valence-corrected chi connectivity index (χ2v) is 6.17. The van der Waals surface area contributed by atoms with Crippen LogP contribution in [0.2, 0.25) is 0 Å². The summed E-state index contributed by atoms with van der Waals surface area (Å²) >= 11 is 0. The fourth-order valence-corrected chi connectivity index (χ4v) is 3.99. The molecule has 2 rings (SSSR count). The van der Waals surface area contributed by atoms with Crippen molar-refractivity contribution in [1.29, 1.82) is 0 Å². The molecule has 1 fully saturated rings. The maximum Gasteiger partial charge on any atom is 0.306 e. The van der Waals surface area contributed by atoms with Crippen LogP contribution in [0.25, 0.3) is 0 Å². The Balaban J connectivity index is 2.07. The van der Waals surface area contributed by atoms with Gasteiger partial charge < -0.3 is 4.74 Å². The third kappa shape index (κ3) is 3.84. The highest BCUT2D eigenvalue weighted by atomic mass is 16.5. The summed E-state index contributed by atoms with van der Waals surface area (Å²) in [6, 6.07) is 0. The van der Waals surface area contributed by atoms with Crippen LogP contribution in [0.1, 0.15) is 71.6 Å². The molecule has 0 spiro atoms. The second kappa shape index (κ2) is 7.12. The molecule has 1 unspecified atom stereocenters. The van der Waals surface area contributed by atoms with Crippen LogP contribution >= 0.6 is 0 Å². The van der Waals surface area contributed by atoms with Gasteiger partial charge >= 0.3 is 5.97 Å². The monoisotopic (exact) mass is 264 g/mol. The lowest BCUT2D eigenvalue weighted by atomic mass is 9.71. The third-order valence-corrected chi connectivity index (χ3v) is 4.80. The van der Waals surface area contributed by atoms with Gasteiger partial charge in [0.25, 0.3) is 0 Å². The number of ether oxygens (including phenoxy) is 1. The van der Waals surface area contributed by atoms with Crippen molar-refractivity contribution in [2.75, 3.05) is 6.61 Å². The maximum atomic E-state index is 11.8. The molecule has 0 aliphatic heterocycles. The maximum absolute atomic E-state index is 11.8. The zero-order valence-corrected chi connectivity index (χ0v) is 12.5. The molecule has 19 heavy (non-hydrogen) atoms. The summed E-state index contributed by atoms with van der Waals surface area (Å²) in [5.41, 5.74) is 3.21. The van der Waals surface area contributed by atoms with E-state index in [-0.39, 0.29) is 5.97 Å². The Bertz CT molecular complexity index is 337. The van der Waals surface area contributed by atoms with E-state index in [9.17, 15) is 4.79 Å². The smallest absolute Gasteiger partial charge is 0.306 e. The summed E-state index contributed by atoms with van der Waals surface area (Å²) in [5.74, 6) is 1.22. The molecule has 0 N–H and O–H groups in total. The first-order valence-electron chi connectivity index (χ1n) is 8.07. The minimum absolute atomic E-state index is 0.00416. The first-order chi connectivity index (χ1) is 9.22. The quantitative estimate of drug-likeness (QED) is 0.546. The minimum Gasteiger partial charge on any atom is -0.466 e. The Morgan fingerprint density at radius 2 is 1.89 bits per heavy atom. The van der Waals surface area contributed by atoms with Crippen molar-refractivity contribution in [1.82, 2.24) is 0 Å². The fraction of sp³-hybridized carbons (Fsp3) is 0.824. The van der Waals surface area contributed by atoms with E-state index in [4.69, 9.17) is 4.74 Å². The lowest BCUT2D eigenvalue weighted by molar-refractivity contribution is -0.144. The van der Waals surface area contributed by atoms with E-state index in [1.54, 1.807) is 11.1 Å². The summed E-state index contributed by atoms with van der Waals surface area (Å²) in [7, 11) is 0. The summed E-state index contributed by atoms with van der Waals surface area (Å²) in [6.07, 6.45) is 11.1. The molecule has 0 amide bonds. The molecule has 2 heteroatoms. The van der Waals surface area contributed by atoms with Crippen LogP contribution in [0.3, 0.4) is 0 Å². The van der Waals surface area contributed by atoms with Crippen molar-refractivity contribution in [3.8, 4) is 0 Å². The molecule has 2 nitrogen and oxygen atoms in total. The highest BCUT2D eigenvalue weighted by molar-refractivity contribution is 5.70. The molecule has 1 atom stereocenters. The van der Waals surface area contributed by atoms with E-state index in [1.165, 1.54) is 51.4 Å². The molecule has 1 saturated carbocycles. The number of hydrogen-bond acceptors (Lipinski definition) is 2. The zero-order valence-electron chi connectivity index (χ0n) is 12.5. The van der Waals surface area contributed by atoms with Gasteiger partial charge in [-0.1, -0.05) is 30.4 Å². The topological polar surface area (TPSA) is 26.3 Å². The van der Waals surface area contributed by atoms with Crippen LogP contribution in [0.15, 0.2) is 11.1 Å². The lowest BCUT2D eigenvalue weighted by Crippen LogP contribution is -2.23. The summed E-state index contributed by atoms with van der Waals surface area (Å²) in [4.78, 5) is 11.8. The largest absolute Gasteiger partial charge is 0.466 e. The van der Waals surface area contributed by atoms with Gasteiger partial charge in [0, 0.05) is 0 Å². The average molecular weight is 264 g/mol. The van der Waals surface area contributed by atoms with E-state index in [0.717, 1.165) is 5.92 Å². The van der Waals surface area contributed by atoms with E-state index >= 15 is 0 Å². The van der Waals surface area contributed by atoms with Gasteiger partial charge in [0.15, 0.2) is 0 Å². The lowest BCUT2D eigenvalue weighted by Gasteiger charge is -2.34. The normalized spacial score (nSPS) is 25.5. The van der Waals surface area contributed by atoms with Crippen LogP contribution in [0, 0.1) is 11.8 Å². The van der Waals surface area contributed by atoms with E-state index < -0.39 is 0 Å². The predicted octanol–water partition coefficient (Wildman–Crippen LogP) is 4.64. The first-order valence-corrected chi connectivity index (χ1v) is 8.07. The van der Waals surface area contributed by atoms with E-state index in [2.05, 4.69) is 6.92 Å². The highest BCUT2D eigenvalue weighted by Crippen LogP contribution is 2.42. The van der Waals surface area contributed by atoms with Gasteiger partial charge in [-0.3, -0.25) is 4.79 Å². The number of allylic oxidation sites excluding steroid dienone is 2. The van der Waals surface area contributed by atoms with Gasteiger partial charge in [-0.2, -0.15) is 0 Å². The molecule has 0 saturated heterocycles. The van der Waals surface area contributed by atoms with E-state index in [1.807, 2.05) is 6.92 Å². The number of hydrogen-bond donors (Lipinski definition) is 0. The number of rotatable bonds is 4. The van der Waals surface area contributed by atoms with Crippen LogP contribution in [-0.4, -0.2) is 12.6 Å². The Kier molecular flexibility index (Phi) is 5.47. The van der Waals surface area contributed by atoms with Crippen LogP contribution in [0.4, 0.5) is 0 Å². The number of esters is 1. The van der Waals surface area contributed by atoms with Crippen molar-refractivity contribution in [3.05, 3.63) is 11.1 Å². The molecule has 0 aromatic heterocycles. The van der Waals surface area contributed by atoms with Gasteiger partial charge in [0.2, 0.25) is 0 Å². The Morgan fingerprint density at radius 1 is 1.16 bits per heavy atom. The van der Waals surface area contributed by atoms with Crippen molar-refractivity contribution < 1.29 is 9.53 Å². The van der Waals surface area contributed by atoms with Crippen LogP contribution < -0.4 is 0 Å². The molecular weight excluding hydrogens is 236 g/mol. The molecule has 0 aromatic carbocycles. The summed E-state index contributed by atoms with van der Waals surface area (Å²) in [6.45, 7) is 4.69. The zero-order chi connectivity index (χ0) is 13.7. The number of carbonyl (C=O) groups is 1. The van der Waals surface area contributed by atoms with Crippen molar-refractivity contribution >= 4 is 5.97 Å². The van der Waals surface area contributed by atoms with Crippen molar-refractivity contribution in [2.24, 2.45) is 11.8 Å². The molecular formula is C17H28O2. The van der Waals surface area contributed by atoms with Gasteiger partial charge in [-0.25, -0.2) is 0 Å². The molecule has 0 bridgehead atoms.